The Morgan fingerprint density at radius 1 is 1.38 bits per heavy atom. The Kier molecular flexibility index (Phi) is 6.48. The van der Waals surface area contributed by atoms with Gasteiger partial charge in [-0.05, 0) is 6.92 Å². The second kappa shape index (κ2) is 6.82. The van der Waals surface area contributed by atoms with Crippen molar-refractivity contribution in [2.24, 2.45) is 0 Å². The van der Waals surface area contributed by atoms with Crippen LogP contribution < -0.4 is 5.32 Å². The number of ether oxygens (including phenoxy) is 2. The van der Waals surface area contributed by atoms with Gasteiger partial charge in [-0.3, -0.25) is 10.1 Å². The fourth-order valence-electron chi connectivity index (χ4n) is 0.999. The van der Waals surface area contributed by atoms with Crippen LogP contribution in [0.15, 0.2) is 0 Å². The Labute approximate surface area is 78.0 Å². The molecule has 0 aromatic rings. The number of carboxylic acid groups (broad SMARTS) is 1. The number of hydrogen-bond acceptors (Lipinski definition) is 4. The number of methoxy groups -OCH3 is 2. The van der Waals surface area contributed by atoms with Crippen molar-refractivity contribution in [1.29, 1.82) is 0 Å². The van der Waals surface area contributed by atoms with Gasteiger partial charge >= 0.3 is 5.97 Å². The predicted molar refractivity (Wildman–Crippen MR) is 47.8 cm³/mol. The second-order valence-electron chi connectivity index (χ2n) is 2.87. The van der Waals surface area contributed by atoms with Crippen molar-refractivity contribution in [2.45, 2.75) is 19.0 Å². The number of nitrogens with one attached hydrogen (secondary N) is 1. The van der Waals surface area contributed by atoms with E-state index >= 15 is 0 Å². The third-order valence-corrected chi connectivity index (χ3v) is 1.53. The van der Waals surface area contributed by atoms with Gasteiger partial charge in [-0.15, -0.1) is 0 Å². The van der Waals surface area contributed by atoms with Crippen molar-refractivity contribution in [1.82, 2.24) is 5.32 Å². The number of carbonyl (C=O) groups is 1. The summed E-state index contributed by atoms with van der Waals surface area (Å²) >= 11 is 0. The minimum absolute atomic E-state index is 0.00116. The Balaban J connectivity index is 3.86. The van der Waals surface area contributed by atoms with E-state index in [0.29, 0.717) is 6.61 Å². The average Bonchev–Trinajstić information content (AvgIpc) is 2.04. The quantitative estimate of drug-likeness (QED) is 0.579. The van der Waals surface area contributed by atoms with E-state index in [0.717, 1.165) is 0 Å². The van der Waals surface area contributed by atoms with Crippen LogP contribution in [0, 0.1) is 0 Å². The molecule has 0 aliphatic carbocycles. The molecule has 5 nitrogen and oxygen atoms in total. The average molecular weight is 191 g/mol. The summed E-state index contributed by atoms with van der Waals surface area (Å²) in [5.41, 5.74) is 0. The molecule has 78 valence electrons. The summed E-state index contributed by atoms with van der Waals surface area (Å²) < 4.78 is 9.63. The molecule has 0 aromatic carbocycles. The zero-order valence-electron chi connectivity index (χ0n) is 8.24. The Morgan fingerprint density at radius 2 is 1.92 bits per heavy atom. The van der Waals surface area contributed by atoms with Gasteiger partial charge in [-0.2, -0.15) is 0 Å². The van der Waals surface area contributed by atoms with Gasteiger partial charge in [0, 0.05) is 20.3 Å². The summed E-state index contributed by atoms with van der Waals surface area (Å²) in [5, 5.41) is 11.6. The molecule has 2 atom stereocenters. The topological polar surface area (TPSA) is 67.8 Å². The first kappa shape index (κ1) is 12.3. The molecular weight excluding hydrogens is 174 g/mol. The standard InChI is InChI=1S/C8H17NO4/c1-6(4-12-2)9-7(5-13-3)8(10)11/h6-7,9H,4-5H2,1-3H3,(H,10,11). The molecule has 0 saturated heterocycles. The fraction of sp³-hybridized carbons (Fsp3) is 0.875. The predicted octanol–water partition coefficient (Wildman–Crippen LogP) is -0.289. The first-order valence-corrected chi connectivity index (χ1v) is 4.08. The molecular formula is C8H17NO4. The summed E-state index contributed by atoms with van der Waals surface area (Å²) in [4.78, 5) is 10.6. The van der Waals surface area contributed by atoms with Crippen LogP contribution in [-0.4, -0.2) is 50.6 Å². The molecule has 0 aliphatic heterocycles. The van der Waals surface area contributed by atoms with Crippen LogP contribution in [0.3, 0.4) is 0 Å². The van der Waals surface area contributed by atoms with Crippen LogP contribution in [-0.2, 0) is 14.3 Å². The largest absolute Gasteiger partial charge is 0.480 e. The summed E-state index contributed by atoms with van der Waals surface area (Å²) in [6.07, 6.45) is 0. The highest BCUT2D eigenvalue weighted by Crippen LogP contribution is 1.90. The molecule has 0 spiro atoms. The SMILES string of the molecule is COCC(C)NC(COC)C(=O)O. The molecule has 0 saturated carbocycles. The van der Waals surface area contributed by atoms with Crippen LogP contribution in [0.5, 0.6) is 0 Å². The zero-order chi connectivity index (χ0) is 10.3. The second-order valence-corrected chi connectivity index (χ2v) is 2.87. The molecule has 0 amide bonds. The van der Waals surface area contributed by atoms with Gasteiger partial charge in [0.15, 0.2) is 0 Å². The highest BCUT2D eigenvalue weighted by Gasteiger charge is 2.18. The molecule has 0 radical (unpaired) electrons. The molecule has 0 aliphatic rings. The van der Waals surface area contributed by atoms with Crippen LogP contribution in [0.25, 0.3) is 0 Å². The van der Waals surface area contributed by atoms with E-state index in [2.05, 4.69) is 5.32 Å². The molecule has 0 heterocycles. The van der Waals surface area contributed by atoms with Gasteiger partial charge in [0.25, 0.3) is 0 Å². The molecule has 0 bridgehead atoms. The smallest absolute Gasteiger partial charge is 0.323 e. The van der Waals surface area contributed by atoms with Gasteiger partial charge in [0.2, 0.25) is 0 Å². The summed E-state index contributed by atoms with van der Waals surface area (Å²) in [7, 11) is 3.04. The molecule has 5 heteroatoms. The van der Waals surface area contributed by atoms with Gasteiger partial charge in [-0.25, -0.2) is 0 Å². The van der Waals surface area contributed by atoms with Crippen molar-refractivity contribution < 1.29 is 19.4 Å². The maximum Gasteiger partial charge on any atom is 0.323 e. The van der Waals surface area contributed by atoms with E-state index in [-0.39, 0.29) is 12.6 Å². The highest BCUT2D eigenvalue weighted by atomic mass is 16.5. The summed E-state index contributed by atoms with van der Waals surface area (Å²) in [6, 6.07) is -0.670. The number of hydrogen-bond donors (Lipinski definition) is 2. The van der Waals surface area contributed by atoms with Crippen molar-refractivity contribution >= 4 is 5.97 Å². The summed E-state index contributed by atoms with van der Waals surface area (Å²) in [6.45, 7) is 2.49. The van der Waals surface area contributed by atoms with Gasteiger partial charge < -0.3 is 14.6 Å². The molecule has 2 unspecified atom stereocenters. The monoisotopic (exact) mass is 191 g/mol. The van der Waals surface area contributed by atoms with Crippen molar-refractivity contribution in [3.8, 4) is 0 Å². The first-order valence-electron chi connectivity index (χ1n) is 4.08. The lowest BCUT2D eigenvalue weighted by atomic mass is 10.2. The Hall–Kier alpha value is -0.650. The van der Waals surface area contributed by atoms with Crippen LogP contribution in [0.1, 0.15) is 6.92 Å². The summed E-state index contributed by atoms with van der Waals surface area (Å²) in [5.74, 6) is -0.912. The van der Waals surface area contributed by atoms with Crippen molar-refractivity contribution in [3.63, 3.8) is 0 Å². The van der Waals surface area contributed by atoms with E-state index in [9.17, 15) is 4.79 Å². The maximum atomic E-state index is 10.6. The van der Waals surface area contributed by atoms with Crippen LogP contribution in [0.4, 0.5) is 0 Å². The van der Waals surface area contributed by atoms with Crippen LogP contribution >= 0.6 is 0 Å². The van der Waals surface area contributed by atoms with E-state index in [1.165, 1.54) is 7.11 Å². The minimum Gasteiger partial charge on any atom is -0.480 e. The molecule has 13 heavy (non-hydrogen) atoms. The third-order valence-electron chi connectivity index (χ3n) is 1.53. The maximum absolute atomic E-state index is 10.6. The van der Waals surface area contributed by atoms with Crippen molar-refractivity contribution in [3.05, 3.63) is 0 Å². The lowest BCUT2D eigenvalue weighted by Gasteiger charge is -2.18. The van der Waals surface area contributed by atoms with Crippen LogP contribution in [0.2, 0.25) is 0 Å². The fourth-order valence-corrected chi connectivity index (χ4v) is 0.999. The van der Waals surface area contributed by atoms with Gasteiger partial charge in [0.1, 0.15) is 6.04 Å². The number of rotatable bonds is 7. The van der Waals surface area contributed by atoms with Crippen molar-refractivity contribution in [2.75, 3.05) is 27.4 Å². The lowest BCUT2D eigenvalue weighted by Crippen LogP contribution is -2.46. The van der Waals surface area contributed by atoms with E-state index in [1.54, 1.807) is 7.11 Å². The van der Waals surface area contributed by atoms with E-state index in [1.807, 2.05) is 6.92 Å². The minimum atomic E-state index is -0.912. The normalized spacial score (nSPS) is 15.3. The van der Waals surface area contributed by atoms with Gasteiger partial charge in [-0.1, -0.05) is 0 Å². The number of carboxylic acids is 1. The van der Waals surface area contributed by atoms with Gasteiger partial charge in [0.05, 0.1) is 13.2 Å². The highest BCUT2D eigenvalue weighted by molar-refractivity contribution is 5.73. The first-order chi connectivity index (χ1) is 6.11. The van der Waals surface area contributed by atoms with E-state index < -0.39 is 12.0 Å². The Bertz CT molecular complexity index is 151. The third kappa shape index (κ3) is 5.57. The Morgan fingerprint density at radius 3 is 2.31 bits per heavy atom. The lowest BCUT2D eigenvalue weighted by molar-refractivity contribution is -0.141. The van der Waals surface area contributed by atoms with E-state index in [4.69, 9.17) is 14.6 Å². The molecule has 0 aromatic heterocycles. The molecule has 0 rings (SSSR count). The zero-order valence-corrected chi connectivity index (χ0v) is 8.24. The molecule has 2 N–H and O–H groups in total. The number of aliphatic carboxylic acids is 1. The molecule has 0 fully saturated rings.